The van der Waals surface area contributed by atoms with Crippen LogP contribution in [-0.4, -0.2) is 54.8 Å². The summed E-state index contributed by atoms with van der Waals surface area (Å²) in [5.41, 5.74) is 4.87. The third kappa shape index (κ3) is 2.47. The van der Waals surface area contributed by atoms with E-state index >= 15 is 0 Å². The Morgan fingerprint density at radius 2 is 2.07 bits per heavy atom. The monoisotopic (exact) mass is 406 g/mol. The Bertz CT molecular complexity index is 906. The smallest absolute Gasteiger partial charge is 0.250 e. The number of carbonyl (C=O) groups excluding carboxylic acids is 4. The van der Waals surface area contributed by atoms with Crippen LogP contribution in [0.1, 0.15) is 12.0 Å². The first-order chi connectivity index (χ1) is 13.3. The van der Waals surface area contributed by atoms with E-state index in [-0.39, 0.29) is 19.6 Å². The van der Waals surface area contributed by atoms with Gasteiger partial charge in [-0.1, -0.05) is 11.6 Å². The molecule has 28 heavy (non-hydrogen) atoms. The van der Waals surface area contributed by atoms with Gasteiger partial charge in [0.05, 0.1) is 25.0 Å². The second kappa shape index (κ2) is 6.54. The van der Waals surface area contributed by atoms with Crippen LogP contribution in [0.3, 0.4) is 0 Å². The molecule has 4 atom stereocenters. The Kier molecular flexibility index (Phi) is 4.40. The Morgan fingerprint density at radius 1 is 1.32 bits per heavy atom. The molecular formula is C18H19ClN4O5. The van der Waals surface area contributed by atoms with Crippen molar-refractivity contribution in [2.24, 2.45) is 17.6 Å². The summed E-state index contributed by atoms with van der Waals surface area (Å²) < 4.78 is 4.99. The van der Waals surface area contributed by atoms with Crippen molar-refractivity contribution < 1.29 is 23.9 Å². The molecule has 2 fully saturated rings. The van der Waals surface area contributed by atoms with Gasteiger partial charge in [-0.15, -0.1) is 0 Å². The topological polar surface area (TPSA) is 131 Å². The number of hydrogen-bond donors (Lipinski definition) is 3. The van der Waals surface area contributed by atoms with Crippen LogP contribution in [0.4, 0.5) is 5.69 Å². The molecular weight excluding hydrogens is 388 g/mol. The minimum absolute atomic E-state index is 0.0740. The van der Waals surface area contributed by atoms with Gasteiger partial charge in [0, 0.05) is 35.8 Å². The lowest BCUT2D eigenvalue weighted by Gasteiger charge is -2.29. The van der Waals surface area contributed by atoms with Crippen molar-refractivity contribution in [1.82, 2.24) is 10.2 Å². The Balaban J connectivity index is 1.85. The zero-order valence-corrected chi connectivity index (χ0v) is 15.8. The number of carbonyl (C=O) groups is 4. The Hall–Kier alpha value is -2.49. The van der Waals surface area contributed by atoms with Gasteiger partial charge in [-0.05, 0) is 18.2 Å². The number of likely N-dealkylation sites (tertiary alicyclic amines) is 1. The Labute approximate surface area is 165 Å². The van der Waals surface area contributed by atoms with E-state index in [0.29, 0.717) is 16.3 Å². The summed E-state index contributed by atoms with van der Waals surface area (Å²) in [6.07, 6.45) is -0.177. The van der Waals surface area contributed by atoms with Crippen LogP contribution < -0.4 is 16.4 Å². The fourth-order valence-electron chi connectivity index (χ4n) is 4.63. The van der Waals surface area contributed by atoms with E-state index in [1.807, 2.05) is 0 Å². The number of imide groups is 1. The summed E-state index contributed by atoms with van der Waals surface area (Å²) in [4.78, 5) is 52.0. The second-order valence-electron chi connectivity index (χ2n) is 7.20. The minimum Gasteiger partial charge on any atom is -0.383 e. The first-order valence-electron chi connectivity index (χ1n) is 8.83. The number of hydrogen-bond acceptors (Lipinski definition) is 6. The number of primary amides is 1. The van der Waals surface area contributed by atoms with E-state index in [9.17, 15) is 19.2 Å². The summed E-state index contributed by atoms with van der Waals surface area (Å²) >= 11 is 6.14. The number of methoxy groups -OCH3 is 1. The number of nitrogens with one attached hydrogen (secondary N) is 2. The molecule has 4 N–H and O–H groups in total. The number of rotatable bonds is 5. The quantitative estimate of drug-likeness (QED) is 0.569. The van der Waals surface area contributed by atoms with Crippen LogP contribution in [0.2, 0.25) is 5.02 Å². The number of anilines is 1. The van der Waals surface area contributed by atoms with Crippen LogP contribution in [0.5, 0.6) is 0 Å². The summed E-state index contributed by atoms with van der Waals surface area (Å²) in [5.74, 6) is -3.89. The maximum atomic E-state index is 13.2. The summed E-state index contributed by atoms with van der Waals surface area (Å²) in [7, 11) is 1.47. The van der Waals surface area contributed by atoms with Gasteiger partial charge in [-0.3, -0.25) is 29.4 Å². The first kappa shape index (κ1) is 18.9. The van der Waals surface area contributed by atoms with Gasteiger partial charge in [0.25, 0.3) is 0 Å². The van der Waals surface area contributed by atoms with Gasteiger partial charge >= 0.3 is 0 Å². The molecule has 1 aromatic rings. The van der Waals surface area contributed by atoms with Gasteiger partial charge in [-0.2, -0.15) is 0 Å². The van der Waals surface area contributed by atoms with Crippen molar-refractivity contribution in [1.29, 1.82) is 0 Å². The van der Waals surface area contributed by atoms with Crippen molar-refractivity contribution in [3.63, 3.8) is 0 Å². The summed E-state index contributed by atoms with van der Waals surface area (Å²) in [5, 5.41) is 6.24. The van der Waals surface area contributed by atoms with Crippen LogP contribution >= 0.6 is 11.6 Å². The summed E-state index contributed by atoms with van der Waals surface area (Å²) in [6, 6.07) is 4.12. The van der Waals surface area contributed by atoms with Crippen LogP contribution in [0, 0.1) is 11.8 Å². The highest BCUT2D eigenvalue weighted by atomic mass is 35.5. The van der Waals surface area contributed by atoms with Gasteiger partial charge in [-0.25, -0.2) is 0 Å². The molecule has 3 heterocycles. The first-order valence-corrected chi connectivity index (χ1v) is 9.20. The normalized spacial score (nSPS) is 30.7. The predicted molar refractivity (Wildman–Crippen MR) is 98.1 cm³/mol. The molecule has 9 nitrogen and oxygen atoms in total. The highest BCUT2D eigenvalue weighted by Crippen LogP contribution is 2.53. The molecule has 4 rings (SSSR count). The summed E-state index contributed by atoms with van der Waals surface area (Å²) in [6.45, 7) is 0.247. The third-order valence-electron chi connectivity index (χ3n) is 5.71. The molecule has 10 heteroatoms. The van der Waals surface area contributed by atoms with E-state index in [4.69, 9.17) is 22.1 Å². The molecule has 0 radical (unpaired) electrons. The van der Waals surface area contributed by atoms with Gasteiger partial charge in [0.2, 0.25) is 23.6 Å². The van der Waals surface area contributed by atoms with E-state index in [1.54, 1.807) is 18.2 Å². The van der Waals surface area contributed by atoms with Gasteiger partial charge in [0.15, 0.2) is 0 Å². The van der Waals surface area contributed by atoms with E-state index in [2.05, 4.69) is 10.6 Å². The molecule has 0 saturated carbocycles. The zero-order valence-electron chi connectivity index (χ0n) is 15.0. The molecule has 0 aromatic heterocycles. The lowest BCUT2D eigenvalue weighted by Crippen LogP contribution is -2.53. The molecule has 1 spiro atoms. The van der Waals surface area contributed by atoms with Gasteiger partial charge < -0.3 is 15.8 Å². The second-order valence-corrected chi connectivity index (χ2v) is 7.63. The zero-order chi connectivity index (χ0) is 20.2. The van der Waals surface area contributed by atoms with E-state index < -0.39 is 47.0 Å². The van der Waals surface area contributed by atoms with E-state index in [1.165, 1.54) is 7.11 Å². The number of halogens is 1. The van der Waals surface area contributed by atoms with Crippen LogP contribution in [0.15, 0.2) is 18.2 Å². The van der Waals surface area contributed by atoms with Crippen molar-refractivity contribution in [2.45, 2.75) is 18.0 Å². The predicted octanol–water partition coefficient (Wildman–Crippen LogP) is -0.418. The molecule has 1 aromatic carbocycles. The number of nitrogens with two attached hydrogens (primary N) is 1. The minimum atomic E-state index is -1.49. The van der Waals surface area contributed by atoms with Crippen LogP contribution in [-0.2, 0) is 29.5 Å². The SMILES string of the molecule is COCCN1C(=O)[C@@H]2[C@H](CC(N)=O)N[C@]3(C(=O)Nc4ccc(Cl)cc43)[C@@H]2C1=O. The van der Waals surface area contributed by atoms with Crippen molar-refractivity contribution in [2.75, 3.05) is 25.6 Å². The fraction of sp³-hybridized carbons (Fsp3) is 0.444. The number of fused-ring (bicyclic) bond motifs is 4. The lowest BCUT2D eigenvalue weighted by molar-refractivity contribution is -0.143. The molecule has 4 amide bonds. The maximum Gasteiger partial charge on any atom is 0.250 e. The average molecular weight is 407 g/mol. The third-order valence-corrected chi connectivity index (χ3v) is 5.94. The molecule has 0 aliphatic carbocycles. The standard InChI is InChI=1S/C18H19ClN4O5/c1-28-5-4-23-15(25)13-11(7-12(20)24)22-18(14(13)16(23)26)9-6-8(19)2-3-10(9)21-17(18)27/h2-3,6,11,13-14,22H,4-5,7H2,1H3,(H2,20,24)(H,21,27)/t11-,13+,14-,18-/m0/s1. The van der Waals surface area contributed by atoms with Crippen molar-refractivity contribution in [3.8, 4) is 0 Å². The molecule has 2 saturated heterocycles. The highest BCUT2D eigenvalue weighted by Gasteiger charge is 2.70. The maximum absolute atomic E-state index is 13.2. The van der Waals surface area contributed by atoms with E-state index in [0.717, 1.165) is 4.90 Å². The van der Waals surface area contributed by atoms with Gasteiger partial charge in [0.1, 0.15) is 5.54 Å². The highest BCUT2D eigenvalue weighted by molar-refractivity contribution is 6.31. The molecule has 0 unspecified atom stereocenters. The average Bonchev–Trinajstić information content (AvgIpc) is 3.19. The van der Waals surface area contributed by atoms with Crippen molar-refractivity contribution >= 4 is 40.9 Å². The largest absolute Gasteiger partial charge is 0.383 e. The number of ether oxygens (including phenoxy) is 1. The fourth-order valence-corrected chi connectivity index (χ4v) is 4.80. The number of amides is 4. The lowest BCUT2D eigenvalue weighted by atomic mass is 9.76. The Morgan fingerprint density at radius 3 is 2.75 bits per heavy atom. The van der Waals surface area contributed by atoms with Crippen molar-refractivity contribution in [3.05, 3.63) is 28.8 Å². The number of benzene rings is 1. The molecule has 3 aliphatic rings. The molecule has 148 valence electrons. The number of nitrogens with zero attached hydrogens (tertiary/aromatic N) is 1. The molecule has 3 aliphatic heterocycles. The van der Waals surface area contributed by atoms with Crippen LogP contribution in [0.25, 0.3) is 0 Å². The molecule has 0 bridgehead atoms.